The molecule has 0 atom stereocenters. The molecule has 0 heterocycles. The minimum Gasteiger partial charge on any atom is -0.508 e. The summed E-state index contributed by atoms with van der Waals surface area (Å²) in [6.45, 7) is 2.21. The number of amides is 1. The first-order valence-corrected chi connectivity index (χ1v) is 7.73. The number of benzene rings is 1. The van der Waals surface area contributed by atoms with E-state index in [1.807, 2.05) is 12.1 Å². The molecule has 0 aromatic heterocycles. The largest absolute Gasteiger partial charge is 0.508 e. The van der Waals surface area contributed by atoms with Crippen LogP contribution in [0.15, 0.2) is 24.3 Å². The lowest BCUT2D eigenvalue weighted by atomic mass is 9.77. The first-order chi connectivity index (χ1) is 10.0. The number of aryl methyl sites for hydroxylation is 1. The molecule has 0 aliphatic heterocycles. The Labute approximate surface area is 126 Å². The number of phenolic OH excluding ortho intramolecular Hbond substituents is 1. The molecule has 1 aliphatic rings. The summed E-state index contributed by atoms with van der Waals surface area (Å²) in [5, 5.41) is 22.4. The van der Waals surface area contributed by atoms with Crippen LogP contribution in [0.2, 0.25) is 0 Å². The van der Waals surface area contributed by atoms with Gasteiger partial charge in [-0.15, -0.1) is 0 Å². The maximum absolute atomic E-state index is 12.1. The van der Waals surface area contributed by atoms with Crippen LogP contribution in [-0.2, 0) is 11.2 Å². The first kappa shape index (κ1) is 15.8. The highest BCUT2D eigenvalue weighted by Gasteiger charge is 2.34. The van der Waals surface area contributed by atoms with Crippen LogP contribution in [0.25, 0.3) is 0 Å². The SMILES string of the molecule is CC1CCC(CO)(NC(=O)CCc2ccccc2O)CC1. The van der Waals surface area contributed by atoms with Crippen LogP contribution < -0.4 is 5.32 Å². The van der Waals surface area contributed by atoms with E-state index < -0.39 is 5.54 Å². The predicted octanol–water partition coefficient (Wildman–Crippen LogP) is 2.38. The van der Waals surface area contributed by atoms with E-state index >= 15 is 0 Å². The number of carbonyl (C=O) groups is 1. The van der Waals surface area contributed by atoms with E-state index in [9.17, 15) is 15.0 Å². The highest BCUT2D eigenvalue weighted by atomic mass is 16.3. The van der Waals surface area contributed by atoms with Crippen molar-refractivity contribution in [2.24, 2.45) is 5.92 Å². The zero-order chi connectivity index (χ0) is 15.3. The van der Waals surface area contributed by atoms with Gasteiger partial charge in [-0.25, -0.2) is 0 Å². The van der Waals surface area contributed by atoms with Crippen molar-refractivity contribution in [1.82, 2.24) is 5.32 Å². The van der Waals surface area contributed by atoms with Gasteiger partial charge in [-0.3, -0.25) is 4.79 Å². The molecule has 1 fully saturated rings. The molecule has 21 heavy (non-hydrogen) atoms. The number of aliphatic hydroxyl groups excluding tert-OH is 1. The number of nitrogens with one attached hydrogen (secondary N) is 1. The number of carbonyl (C=O) groups excluding carboxylic acids is 1. The summed E-state index contributed by atoms with van der Waals surface area (Å²) in [4.78, 5) is 12.1. The van der Waals surface area contributed by atoms with E-state index in [-0.39, 0.29) is 18.3 Å². The van der Waals surface area contributed by atoms with Crippen molar-refractivity contribution in [2.75, 3.05) is 6.61 Å². The van der Waals surface area contributed by atoms with Gasteiger partial charge in [-0.2, -0.15) is 0 Å². The normalized spacial score (nSPS) is 25.5. The molecular weight excluding hydrogens is 266 g/mol. The summed E-state index contributed by atoms with van der Waals surface area (Å²) in [5.74, 6) is 0.846. The Balaban J connectivity index is 1.87. The zero-order valence-corrected chi connectivity index (χ0v) is 12.6. The van der Waals surface area contributed by atoms with E-state index in [1.54, 1.807) is 12.1 Å². The Morgan fingerprint density at radius 3 is 2.62 bits per heavy atom. The molecule has 1 aliphatic carbocycles. The minimum atomic E-state index is -0.442. The van der Waals surface area contributed by atoms with Crippen LogP contribution in [0, 0.1) is 5.92 Å². The van der Waals surface area contributed by atoms with E-state index in [4.69, 9.17) is 0 Å². The zero-order valence-electron chi connectivity index (χ0n) is 12.6. The van der Waals surface area contributed by atoms with Gasteiger partial charge in [0.2, 0.25) is 5.91 Å². The standard InChI is InChI=1S/C17H25NO3/c1-13-8-10-17(12-19,11-9-13)18-16(21)7-6-14-4-2-3-5-15(14)20/h2-5,13,19-20H,6-12H2,1H3,(H,18,21). The molecule has 0 radical (unpaired) electrons. The van der Waals surface area contributed by atoms with Crippen LogP contribution in [0.4, 0.5) is 0 Å². The van der Waals surface area contributed by atoms with Gasteiger partial charge in [-0.05, 0) is 49.7 Å². The van der Waals surface area contributed by atoms with Gasteiger partial charge in [0.15, 0.2) is 0 Å². The fourth-order valence-electron chi connectivity index (χ4n) is 2.97. The number of hydrogen-bond acceptors (Lipinski definition) is 3. The number of hydrogen-bond donors (Lipinski definition) is 3. The van der Waals surface area contributed by atoms with Crippen molar-refractivity contribution in [3.63, 3.8) is 0 Å². The van der Waals surface area contributed by atoms with Crippen LogP contribution in [0.3, 0.4) is 0 Å². The van der Waals surface area contributed by atoms with Crippen molar-refractivity contribution in [3.8, 4) is 5.75 Å². The summed E-state index contributed by atoms with van der Waals surface area (Å²) < 4.78 is 0. The van der Waals surface area contributed by atoms with Gasteiger partial charge < -0.3 is 15.5 Å². The summed E-state index contributed by atoms with van der Waals surface area (Å²) in [5.41, 5.74) is 0.338. The van der Waals surface area contributed by atoms with E-state index in [0.717, 1.165) is 31.2 Å². The van der Waals surface area contributed by atoms with Crippen LogP contribution in [0.5, 0.6) is 5.75 Å². The maximum Gasteiger partial charge on any atom is 0.220 e. The lowest BCUT2D eigenvalue weighted by Gasteiger charge is -2.38. The van der Waals surface area contributed by atoms with Gasteiger partial charge in [0.25, 0.3) is 0 Å². The molecule has 116 valence electrons. The third kappa shape index (κ3) is 4.21. The van der Waals surface area contributed by atoms with Crippen LogP contribution in [0.1, 0.15) is 44.6 Å². The number of phenols is 1. The molecule has 4 nitrogen and oxygen atoms in total. The number of para-hydroxylation sites is 1. The lowest BCUT2D eigenvalue weighted by Crippen LogP contribution is -2.53. The molecule has 1 aromatic carbocycles. The van der Waals surface area contributed by atoms with Gasteiger partial charge in [0.05, 0.1) is 12.1 Å². The monoisotopic (exact) mass is 291 g/mol. The summed E-state index contributed by atoms with van der Waals surface area (Å²) in [7, 11) is 0. The number of aromatic hydroxyl groups is 1. The Hall–Kier alpha value is -1.55. The molecule has 1 saturated carbocycles. The van der Waals surface area contributed by atoms with Gasteiger partial charge in [0, 0.05) is 6.42 Å². The number of rotatable bonds is 5. The molecule has 1 aromatic rings. The maximum atomic E-state index is 12.1. The van der Waals surface area contributed by atoms with Crippen molar-refractivity contribution in [3.05, 3.63) is 29.8 Å². The molecule has 3 N–H and O–H groups in total. The van der Waals surface area contributed by atoms with Crippen LogP contribution in [-0.4, -0.2) is 28.3 Å². The summed E-state index contributed by atoms with van der Waals surface area (Å²) in [6.07, 6.45) is 4.60. The Morgan fingerprint density at radius 1 is 1.33 bits per heavy atom. The molecule has 0 unspecified atom stereocenters. The van der Waals surface area contributed by atoms with Crippen molar-refractivity contribution >= 4 is 5.91 Å². The Morgan fingerprint density at radius 2 is 2.00 bits per heavy atom. The predicted molar refractivity (Wildman–Crippen MR) is 82.0 cm³/mol. The highest BCUT2D eigenvalue weighted by Crippen LogP contribution is 2.31. The van der Waals surface area contributed by atoms with Crippen LogP contribution >= 0.6 is 0 Å². The minimum absolute atomic E-state index is 0.00203. The molecule has 2 rings (SSSR count). The van der Waals surface area contributed by atoms with Gasteiger partial charge >= 0.3 is 0 Å². The third-order valence-corrected chi connectivity index (χ3v) is 4.55. The molecule has 0 bridgehead atoms. The Kier molecular flexibility index (Phi) is 5.23. The fraction of sp³-hybridized carbons (Fsp3) is 0.588. The molecule has 1 amide bonds. The van der Waals surface area contributed by atoms with Gasteiger partial charge in [0.1, 0.15) is 5.75 Å². The second-order valence-electron chi connectivity index (χ2n) is 6.30. The lowest BCUT2D eigenvalue weighted by molar-refractivity contribution is -0.124. The Bertz CT molecular complexity index is 479. The van der Waals surface area contributed by atoms with Crippen molar-refractivity contribution < 1.29 is 15.0 Å². The second-order valence-corrected chi connectivity index (χ2v) is 6.30. The molecule has 4 heteroatoms. The topological polar surface area (TPSA) is 69.6 Å². The first-order valence-electron chi connectivity index (χ1n) is 7.73. The van der Waals surface area contributed by atoms with Gasteiger partial charge in [-0.1, -0.05) is 25.1 Å². The second kappa shape index (κ2) is 6.94. The highest BCUT2D eigenvalue weighted by molar-refractivity contribution is 5.77. The summed E-state index contributed by atoms with van der Waals surface area (Å²) in [6, 6.07) is 7.07. The van der Waals surface area contributed by atoms with E-state index in [2.05, 4.69) is 12.2 Å². The van der Waals surface area contributed by atoms with Crippen molar-refractivity contribution in [2.45, 2.75) is 51.0 Å². The molecule has 0 spiro atoms. The average Bonchev–Trinajstić information content (AvgIpc) is 2.49. The van der Waals surface area contributed by atoms with E-state index in [0.29, 0.717) is 18.8 Å². The van der Waals surface area contributed by atoms with Crippen molar-refractivity contribution in [1.29, 1.82) is 0 Å². The molecular formula is C17H25NO3. The quantitative estimate of drug-likeness (QED) is 0.780. The molecule has 0 saturated heterocycles. The van der Waals surface area contributed by atoms with E-state index in [1.165, 1.54) is 0 Å². The fourth-order valence-corrected chi connectivity index (χ4v) is 2.97. The third-order valence-electron chi connectivity index (χ3n) is 4.55. The number of aliphatic hydroxyl groups is 1. The smallest absolute Gasteiger partial charge is 0.220 e. The summed E-state index contributed by atoms with van der Waals surface area (Å²) >= 11 is 0. The average molecular weight is 291 g/mol.